The van der Waals surface area contributed by atoms with Crippen molar-refractivity contribution in [3.63, 3.8) is 0 Å². The largest absolute Gasteiger partial charge is 0.489 e. The number of para-hydroxylation sites is 4. The van der Waals surface area contributed by atoms with Crippen LogP contribution in [0.15, 0.2) is 48.5 Å². The number of carbonyl (C=O) groups excluding carboxylic acids is 2. The van der Waals surface area contributed by atoms with E-state index in [2.05, 4.69) is 10.6 Å². The van der Waals surface area contributed by atoms with E-state index < -0.39 is 5.41 Å². The number of carbonyl (C=O) groups is 2. The normalized spacial score (nSPS) is 14.4. The molecule has 0 atom stereocenters. The number of anilines is 2. The highest BCUT2D eigenvalue weighted by molar-refractivity contribution is 6.17. The zero-order chi connectivity index (χ0) is 21.0. The van der Waals surface area contributed by atoms with Gasteiger partial charge in [-0.1, -0.05) is 24.3 Å². The molecule has 0 bridgehead atoms. The molecule has 3 rings (SSSR count). The third kappa shape index (κ3) is 4.88. The van der Waals surface area contributed by atoms with Gasteiger partial charge in [-0.05, 0) is 64.8 Å². The zero-order valence-electron chi connectivity index (χ0n) is 17.3. The monoisotopic (exact) mass is 396 g/mol. The summed E-state index contributed by atoms with van der Waals surface area (Å²) in [5.74, 6) is 0.527. The molecule has 154 valence electrons. The molecule has 6 heteroatoms. The Morgan fingerprint density at radius 1 is 0.759 bits per heavy atom. The van der Waals surface area contributed by atoms with Crippen LogP contribution in [0.4, 0.5) is 11.4 Å². The van der Waals surface area contributed by atoms with Crippen LogP contribution in [0.1, 0.15) is 40.5 Å². The van der Waals surface area contributed by atoms with Gasteiger partial charge < -0.3 is 20.1 Å². The minimum absolute atomic E-state index is 0.0244. The first-order valence-electron chi connectivity index (χ1n) is 9.96. The summed E-state index contributed by atoms with van der Waals surface area (Å²) in [5, 5.41) is 5.75. The number of amides is 2. The Balaban J connectivity index is 1.74. The van der Waals surface area contributed by atoms with Crippen molar-refractivity contribution >= 4 is 23.2 Å². The van der Waals surface area contributed by atoms with Crippen molar-refractivity contribution in [2.24, 2.45) is 5.41 Å². The predicted octanol–water partition coefficient (Wildman–Crippen LogP) is 4.62. The molecule has 0 heterocycles. The van der Waals surface area contributed by atoms with E-state index in [9.17, 15) is 9.59 Å². The highest BCUT2D eigenvalue weighted by Gasteiger charge is 2.56. The van der Waals surface area contributed by atoms with Gasteiger partial charge in [-0.3, -0.25) is 9.59 Å². The van der Waals surface area contributed by atoms with Gasteiger partial charge in [-0.15, -0.1) is 0 Å². The average Bonchev–Trinajstić information content (AvgIpc) is 3.46. The lowest BCUT2D eigenvalue weighted by Gasteiger charge is -2.20. The standard InChI is InChI=1S/C23H28N2O4/c1-15(2)28-19-11-7-5-9-17(19)24-21(26)23(13-14-23)22(27)25-18-10-6-8-12-20(18)29-16(3)4/h5-12,15-16H,13-14H2,1-4H3,(H,24,26)(H,25,27). The summed E-state index contributed by atoms with van der Waals surface area (Å²) >= 11 is 0. The van der Waals surface area contributed by atoms with E-state index in [0.717, 1.165) is 0 Å². The maximum Gasteiger partial charge on any atom is 0.240 e. The lowest BCUT2D eigenvalue weighted by atomic mass is 10.0. The first kappa shape index (κ1) is 20.7. The summed E-state index contributed by atoms with van der Waals surface area (Å²) in [4.78, 5) is 25.9. The molecule has 0 spiro atoms. The van der Waals surface area contributed by atoms with Gasteiger partial charge in [0.2, 0.25) is 11.8 Å². The van der Waals surface area contributed by atoms with Crippen molar-refractivity contribution in [2.75, 3.05) is 10.6 Å². The van der Waals surface area contributed by atoms with Gasteiger partial charge in [0.15, 0.2) is 0 Å². The second-order valence-electron chi connectivity index (χ2n) is 7.82. The van der Waals surface area contributed by atoms with Crippen LogP contribution >= 0.6 is 0 Å². The number of ether oxygens (including phenoxy) is 2. The number of hydrogen-bond acceptors (Lipinski definition) is 4. The van der Waals surface area contributed by atoms with E-state index in [1.807, 2.05) is 52.0 Å². The number of benzene rings is 2. The van der Waals surface area contributed by atoms with Crippen LogP contribution in [0.3, 0.4) is 0 Å². The number of rotatable bonds is 8. The van der Waals surface area contributed by atoms with Crippen molar-refractivity contribution < 1.29 is 19.1 Å². The Morgan fingerprint density at radius 3 is 1.48 bits per heavy atom. The Hall–Kier alpha value is -3.02. The molecular formula is C23H28N2O4. The van der Waals surface area contributed by atoms with Crippen molar-refractivity contribution in [2.45, 2.75) is 52.7 Å². The first-order chi connectivity index (χ1) is 13.8. The molecule has 6 nitrogen and oxygen atoms in total. The smallest absolute Gasteiger partial charge is 0.240 e. The molecule has 1 aliphatic rings. The van der Waals surface area contributed by atoms with Crippen LogP contribution in [0, 0.1) is 5.41 Å². The third-order valence-electron chi connectivity index (χ3n) is 4.62. The van der Waals surface area contributed by atoms with Crippen molar-refractivity contribution in [1.82, 2.24) is 0 Å². The SMILES string of the molecule is CC(C)Oc1ccccc1NC(=O)C1(C(=O)Nc2ccccc2OC(C)C)CC1. The highest BCUT2D eigenvalue weighted by Crippen LogP contribution is 2.48. The topological polar surface area (TPSA) is 76.7 Å². The van der Waals surface area contributed by atoms with E-state index >= 15 is 0 Å². The summed E-state index contributed by atoms with van der Waals surface area (Å²) in [7, 11) is 0. The fraction of sp³-hybridized carbons (Fsp3) is 0.391. The highest BCUT2D eigenvalue weighted by atomic mass is 16.5. The molecule has 0 aliphatic heterocycles. The van der Waals surface area contributed by atoms with Crippen LogP contribution in [-0.2, 0) is 9.59 Å². The fourth-order valence-electron chi connectivity index (χ4n) is 3.02. The van der Waals surface area contributed by atoms with Crippen LogP contribution in [-0.4, -0.2) is 24.0 Å². The van der Waals surface area contributed by atoms with Gasteiger partial charge >= 0.3 is 0 Å². The zero-order valence-corrected chi connectivity index (χ0v) is 17.3. The maximum absolute atomic E-state index is 13.0. The van der Waals surface area contributed by atoms with E-state index in [4.69, 9.17) is 9.47 Å². The van der Waals surface area contributed by atoms with E-state index in [1.54, 1.807) is 24.3 Å². The Labute approximate surface area is 171 Å². The van der Waals surface area contributed by atoms with Crippen molar-refractivity contribution in [3.05, 3.63) is 48.5 Å². The van der Waals surface area contributed by atoms with Gasteiger partial charge in [-0.25, -0.2) is 0 Å². The Kier molecular flexibility index (Phi) is 6.11. The second kappa shape index (κ2) is 8.55. The Morgan fingerprint density at radius 2 is 1.14 bits per heavy atom. The lowest BCUT2D eigenvalue weighted by Crippen LogP contribution is -2.36. The van der Waals surface area contributed by atoms with E-state index in [-0.39, 0.29) is 24.0 Å². The molecule has 2 aromatic carbocycles. The predicted molar refractivity (Wildman–Crippen MR) is 113 cm³/mol. The average molecular weight is 396 g/mol. The quantitative estimate of drug-likeness (QED) is 0.639. The number of hydrogen-bond donors (Lipinski definition) is 2. The van der Waals surface area contributed by atoms with Crippen molar-refractivity contribution in [1.29, 1.82) is 0 Å². The number of nitrogens with one attached hydrogen (secondary N) is 2. The second-order valence-corrected chi connectivity index (χ2v) is 7.82. The van der Waals surface area contributed by atoms with Crippen LogP contribution in [0.25, 0.3) is 0 Å². The molecule has 2 aromatic rings. The maximum atomic E-state index is 13.0. The molecule has 2 N–H and O–H groups in total. The molecule has 0 unspecified atom stereocenters. The van der Waals surface area contributed by atoms with Gasteiger partial charge in [-0.2, -0.15) is 0 Å². The first-order valence-corrected chi connectivity index (χ1v) is 9.96. The van der Waals surface area contributed by atoms with Crippen LogP contribution in [0.2, 0.25) is 0 Å². The molecular weight excluding hydrogens is 368 g/mol. The lowest BCUT2D eigenvalue weighted by molar-refractivity contribution is -0.131. The van der Waals surface area contributed by atoms with Gasteiger partial charge in [0.1, 0.15) is 16.9 Å². The molecule has 2 amide bonds. The Bertz CT molecular complexity index is 818. The van der Waals surface area contributed by atoms with Gasteiger partial charge in [0.05, 0.1) is 23.6 Å². The molecule has 29 heavy (non-hydrogen) atoms. The minimum Gasteiger partial charge on any atom is -0.489 e. The summed E-state index contributed by atoms with van der Waals surface area (Å²) in [6.07, 6.45) is 0.961. The molecule has 1 aliphatic carbocycles. The summed E-state index contributed by atoms with van der Waals surface area (Å²) in [6, 6.07) is 14.5. The molecule has 0 aromatic heterocycles. The third-order valence-corrected chi connectivity index (χ3v) is 4.62. The summed E-state index contributed by atoms with van der Waals surface area (Å²) < 4.78 is 11.5. The van der Waals surface area contributed by atoms with Gasteiger partial charge in [0, 0.05) is 0 Å². The van der Waals surface area contributed by atoms with Crippen molar-refractivity contribution in [3.8, 4) is 11.5 Å². The fourth-order valence-corrected chi connectivity index (χ4v) is 3.02. The molecule has 0 radical (unpaired) electrons. The summed E-state index contributed by atoms with van der Waals surface area (Å²) in [6.45, 7) is 7.69. The molecule has 0 saturated heterocycles. The van der Waals surface area contributed by atoms with Crippen LogP contribution in [0.5, 0.6) is 11.5 Å². The van der Waals surface area contributed by atoms with E-state index in [0.29, 0.717) is 35.7 Å². The molecule has 1 saturated carbocycles. The van der Waals surface area contributed by atoms with Gasteiger partial charge in [0.25, 0.3) is 0 Å². The van der Waals surface area contributed by atoms with E-state index in [1.165, 1.54) is 0 Å². The summed E-state index contributed by atoms with van der Waals surface area (Å²) in [5.41, 5.74) is 0.0539. The molecule has 1 fully saturated rings. The minimum atomic E-state index is -1.07. The van der Waals surface area contributed by atoms with Crippen LogP contribution < -0.4 is 20.1 Å².